The van der Waals surface area contributed by atoms with Gasteiger partial charge in [0.2, 0.25) is 5.91 Å². The molecular weight excluding hydrogens is 397 g/mol. The molecule has 0 aromatic carbocycles. The minimum Gasteiger partial charge on any atom is -0.368 e. The highest BCUT2D eigenvalue weighted by atomic mass is 19.4. The summed E-state index contributed by atoms with van der Waals surface area (Å²) in [5, 5.41) is 8.92. The van der Waals surface area contributed by atoms with Gasteiger partial charge in [-0.1, -0.05) is 6.42 Å². The highest BCUT2D eigenvalue weighted by molar-refractivity contribution is 5.79. The first kappa shape index (κ1) is 23.8. The first-order chi connectivity index (χ1) is 14.4. The number of alkyl halides is 3. The van der Waals surface area contributed by atoms with Crippen molar-refractivity contribution in [3.05, 3.63) is 23.9 Å². The van der Waals surface area contributed by atoms with Crippen molar-refractivity contribution in [3.8, 4) is 0 Å². The van der Waals surface area contributed by atoms with E-state index < -0.39 is 11.7 Å². The smallest absolute Gasteiger partial charge is 0.368 e. The molecule has 0 bridgehead atoms. The third-order valence-corrected chi connectivity index (χ3v) is 4.69. The molecule has 0 saturated carbocycles. The van der Waals surface area contributed by atoms with Gasteiger partial charge in [-0.25, -0.2) is 4.98 Å². The van der Waals surface area contributed by atoms with Gasteiger partial charge in [-0.2, -0.15) is 13.2 Å². The predicted octanol–water partition coefficient (Wildman–Crippen LogP) is 2.86. The molecule has 1 saturated heterocycles. The minimum atomic E-state index is -4.45. The Morgan fingerprint density at radius 2 is 2.07 bits per heavy atom. The monoisotopic (exact) mass is 428 g/mol. The quantitative estimate of drug-likeness (QED) is 0.320. The molecule has 1 aliphatic heterocycles. The van der Waals surface area contributed by atoms with Crippen LogP contribution >= 0.6 is 0 Å². The van der Waals surface area contributed by atoms with E-state index in [1.807, 2.05) is 11.8 Å². The van der Waals surface area contributed by atoms with Gasteiger partial charge < -0.3 is 20.9 Å². The molecule has 168 valence electrons. The fraction of sp³-hybridized carbons (Fsp3) is 0.650. The zero-order valence-electron chi connectivity index (χ0n) is 17.4. The molecule has 2 heterocycles. The van der Waals surface area contributed by atoms with Crippen LogP contribution in [0.5, 0.6) is 0 Å². The zero-order valence-corrected chi connectivity index (χ0v) is 17.4. The Balaban J connectivity index is 1.75. The Hall–Kier alpha value is -2.52. The Morgan fingerprint density at radius 3 is 2.83 bits per heavy atom. The largest absolute Gasteiger partial charge is 0.419 e. The molecule has 0 aliphatic carbocycles. The third-order valence-electron chi connectivity index (χ3n) is 4.69. The fourth-order valence-electron chi connectivity index (χ4n) is 3.21. The van der Waals surface area contributed by atoms with Crippen LogP contribution < -0.4 is 16.0 Å². The van der Waals surface area contributed by atoms with Crippen LogP contribution in [-0.4, -0.2) is 61.0 Å². The van der Waals surface area contributed by atoms with Gasteiger partial charge in [-0.3, -0.25) is 9.79 Å². The molecule has 1 aromatic heterocycles. The number of aromatic nitrogens is 1. The second-order valence-electron chi connectivity index (χ2n) is 7.06. The number of hydrogen-bond donors (Lipinski definition) is 3. The van der Waals surface area contributed by atoms with Crippen molar-refractivity contribution in [1.82, 2.24) is 20.5 Å². The average Bonchev–Trinajstić information content (AvgIpc) is 2.92. The summed E-state index contributed by atoms with van der Waals surface area (Å²) in [6.07, 6.45) is 1.40. The Bertz CT molecular complexity index is 695. The summed E-state index contributed by atoms with van der Waals surface area (Å²) < 4.78 is 39.0. The van der Waals surface area contributed by atoms with E-state index in [0.717, 1.165) is 38.3 Å². The van der Waals surface area contributed by atoms with Gasteiger partial charge in [0, 0.05) is 51.9 Å². The number of guanidine groups is 1. The Labute approximate surface area is 175 Å². The number of nitrogens with zero attached hydrogens (tertiary/aromatic N) is 3. The second kappa shape index (κ2) is 12.2. The third kappa shape index (κ3) is 8.08. The molecular formula is C20H31F3N6O. The van der Waals surface area contributed by atoms with E-state index in [1.165, 1.54) is 12.3 Å². The maximum Gasteiger partial charge on any atom is 0.419 e. The number of nitrogens with one attached hydrogen (secondary N) is 3. The summed E-state index contributed by atoms with van der Waals surface area (Å²) in [6.45, 7) is 5.32. The topological polar surface area (TPSA) is 81.7 Å². The van der Waals surface area contributed by atoms with Gasteiger partial charge >= 0.3 is 6.18 Å². The molecule has 30 heavy (non-hydrogen) atoms. The number of anilines is 1. The van der Waals surface area contributed by atoms with Crippen molar-refractivity contribution < 1.29 is 18.0 Å². The number of aliphatic imine (C=N–C) groups is 1. The lowest BCUT2D eigenvalue weighted by Crippen LogP contribution is -2.40. The van der Waals surface area contributed by atoms with Crippen LogP contribution in [0.15, 0.2) is 23.3 Å². The van der Waals surface area contributed by atoms with Crippen LogP contribution in [0.25, 0.3) is 0 Å². The van der Waals surface area contributed by atoms with Crippen molar-refractivity contribution in [2.45, 2.75) is 45.2 Å². The first-order valence-corrected chi connectivity index (χ1v) is 10.5. The maximum atomic E-state index is 13.0. The highest BCUT2D eigenvalue weighted by Gasteiger charge is 2.33. The standard InChI is InChI=1S/C20H31F3N6O/c1-2-24-19(27-11-7-15-29-14-5-3-4-9-17(29)30)28-13-12-26-18-16(20(21,22)23)8-6-10-25-18/h6,8,10H,2-5,7,9,11-15H2,1H3,(H,25,26)(H2,24,27,28). The van der Waals surface area contributed by atoms with Gasteiger partial charge in [0.25, 0.3) is 0 Å². The summed E-state index contributed by atoms with van der Waals surface area (Å²) in [4.78, 5) is 22.2. The zero-order chi connectivity index (χ0) is 21.8. The molecule has 3 N–H and O–H groups in total. The number of rotatable bonds is 9. The summed E-state index contributed by atoms with van der Waals surface area (Å²) in [5.41, 5.74) is -0.784. The summed E-state index contributed by atoms with van der Waals surface area (Å²) in [5.74, 6) is 0.634. The second-order valence-corrected chi connectivity index (χ2v) is 7.06. The van der Waals surface area contributed by atoms with Crippen LogP contribution in [0, 0.1) is 0 Å². The maximum absolute atomic E-state index is 13.0. The van der Waals surface area contributed by atoms with E-state index in [4.69, 9.17) is 0 Å². The van der Waals surface area contributed by atoms with Crippen molar-refractivity contribution in [2.24, 2.45) is 4.99 Å². The van der Waals surface area contributed by atoms with E-state index in [-0.39, 0.29) is 18.3 Å². The number of hydrogen-bond acceptors (Lipinski definition) is 4. The molecule has 7 nitrogen and oxygen atoms in total. The molecule has 0 spiro atoms. The summed E-state index contributed by atoms with van der Waals surface area (Å²) in [7, 11) is 0. The number of halogens is 3. The van der Waals surface area contributed by atoms with Crippen molar-refractivity contribution in [1.29, 1.82) is 0 Å². The molecule has 0 unspecified atom stereocenters. The lowest BCUT2D eigenvalue weighted by molar-refractivity contribution is -0.137. The van der Waals surface area contributed by atoms with E-state index in [0.29, 0.717) is 38.6 Å². The number of pyridine rings is 1. The van der Waals surface area contributed by atoms with Gasteiger partial charge in [-0.15, -0.1) is 0 Å². The summed E-state index contributed by atoms with van der Waals surface area (Å²) in [6, 6.07) is 2.27. The molecule has 1 amide bonds. The first-order valence-electron chi connectivity index (χ1n) is 10.5. The minimum absolute atomic E-state index is 0.184. The Kier molecular flexibility index (Phi) is 9.69. The SMILES string of the molecule is CCNC(=NCCCN1CCCCCC1=O)NCCNc1ncccc1C(F)(F)F. The lowest BCUT2D eigenvalue weighted by Gasteiger charge is -2.20. The van der Waals surface area contributed by atoms with E-state index >= 15 is 0 Å². The van der Waals surface area contributed by atoms with E-state index in [9.17, 15) is 18.0 Å². The van der Waals surface area contributed by atoms with Gasteiger partial charge in [0.1, 0.15) is 5.82 Å². The van der Waals surface area contributed by atoms with Crippen LogP contribution in [0.1, 0.15) is 44.6 Å². The molecule has 1 fully saturated rings. The molecule has 2 rings (SSSR count). The Morgan fingerprint density at radius 1 is 1.23 bits per heavy atom. The van der Waals surface area contributed by atoms with E-state index in [1.54, 1.807) is 0 Å². The average molecular weight is 429 g/mol. The lowest BCUT2D eigenvalue weighted by atomic mass is 10.2. The molecule has 1 aliphatic rings. The highest BCUT2D eigenvalue weighted by Crippen LogP contribution is 2.33. The van der Waals surface area contributed by atoms with Crippen LogP contribution in [-0.2, 0) is 11.0 Å². The number of carbonyl (C=O) groups excluding carboxylic acids is 1. The molecule has 10 heteroatoms. The fourth-order valence-corrected chi connectivity index (χ4v) is 3.21. The number of amides is 1. The normalized spacial score (nSPS) is 15.7. The van der Waals surface area contributed by atoms with Gasteiger partial charge in [0.05, 0.1) is 5.56 Å². The van der Waals surface area contributed by atoms with Crippen molar-refractivity contribution in [2.75, 3.05) is 44.6 Å². The number of likely N-dealkylation sites (tertiary alicyclic amines) is 1. The molecule has 0 radical (unpaired) electrons. The molecule has 1 aromatic rings. The van der Waals surface area contributed by atoms with Gasteiger partial charge in [0.15, 0.2) is 5.96 Å². The van der Waals surface area contributed by atoms with E-state index in [2.05, 4.69) is 25.9 Å². The molecule has 0 atom stereocenters. The summed E-state index contributed by atoms with van der Waals surface area (Å²) >= 11 is 0. The van der Waals surface area contributed by atoms with Gasteiger partial charge in [-0.05, 0) is 38.3 Å². The number of carbonyl (C=O) groups is 1. The van der Waals surface area contributed by atoms with Crippen LogP contribution in [0.4, 0.5) is 19.0 Å². The van der Waals surface area contributed by atoms with Crippen molar-refractivity contribution >= 4 is 17.7 Å². The van der Waals surface area contributed by atoms with Crippen molar-refractivity contribution in [3.63, 3.8) is 0 Å². The van der Waals surface area contributed by atoms with Crippen LogP contribution in [0.2, 0.25) is 0 Å². The predicted molar refractivity (Wildman–Crippen MR) is 111 cm³/mol. The van der Waals surface area contributed by atoms with Crippen LogP contribution in [0.3, 0.4) is 0 Å².